The van der Waals surface area contributed by atoms with Gasteiger partial charge in [0.25, 0.3) is 0 Å². The standard InChI is InChI=1S/C25H33N3O5.C25H31N3O4.C23H27N3O4.C16H22O5.C9H13N3O/c1-5-32-23(30)25(3,4)33-21-15-13-19(14-16-21)7-6-8-22(29)27-28(24(26)31)17-20-11-9-18(2)10-12-20;1-5-31-23(29)25(3,4)32-21-15-13-19(14-16-21)7-6-8-22-26-24(30)28(27-22)17-20-11-9-18(2)10-12-20;1-16-7-9-18(10-8-16)15-26-22(29)24-20(25-26)6-4-5-17-11-13-19(14-12-17)30-23(2,3)21(27)28;1-4-20-15(19)16(2,3)21-13-10-8-12(9-11-13)6-5-7-14(17)18;1-7-2-4-8(5-3-7)6-12(11)9(10)13/h9-16H,5-8,17H2,1-4H3,(H2,26,31)(H,27,29);9-16H,5-8,17H2,1-4H3,(H,26,27,30);7-14H,4-6,15H2,1-3H3,(H,27,28)(H,24,25,29);8-11H,4-7H2,1-3H3,(H,17,18);2-5H,6,11H2,1H3,(H2,10,13). The van der Waals surface area contributed by atoms with Gasteiger partial charge in [-0.2, -0.15) is 10.2 Å². The highest BCUT2D eigenvalue weighted by Crippen LogP contribution is 2.26. The summed E-state index contributed by atoms with van der Waals surface area (Å²) in [7, 11) is 0. The fourth-order valence-electron chi connectivity index (χ4n) is 12.2. The number of primary amides is 2. The van der Waals surface area contributed by atoms with E-state index in [4.69, 9.17) is 60.7 Å². The minimum absolute atomic E-state index is 0.161. The smallest absolute Gasteiger partial charge is 0.349 e. The van der Waals surface area contributed by atoms with Crippen molar-refractivity contribution in [1.29, 1.82) is 0 Å². The molecule has 0 saturated carbocycles. The van der Waals surface area contributed by atoms with Crippen LogP contribution < -0.4 is 53.1 Å². The number of rotatable bonds is 39. The monoisotopic (exact) mass is 1770 g/mol. The van der Waals surface area contributed by atoms with Crippen LogP contribution in [-0.2, 0) is 108 Å². The number of aromatic amines is 2. The number of amides is 5. The lowest BCUT2D eigenvalue weighted by Crippen LogP contribution is -2.48. The fourth-order valence-corrected chi connectivity index (χ4v) is 12.2. The first-order chi connectivity index (χ1) is 61.0. The predicted molar refractivity (Wildman–Crippen MR) is 491 cm³/mol. The SMILES string of the molecule is CCOC(=O)C(C)(C)Oc1ccc(CCCC(=O)NN(Cc2ccc(C)cc2)C(N)=O)cc1.CCOC(=O)C(C)(C)Oc1ccc(CCCC(=O)O)cc1.CCOC(=O)C(C)(C)Oc1ccc(CCCc2nn(Cc3ccc(C)cc3)c(=O)[nH]2)cc1.Cc1ccc(CN(N)C(N)=O)cc1.Cc1ccc(Cn2nc(CCCc3ccc(OC(C)(C)C(=O)O)cc3)[nH]c2=O)cc1. The van der Waals surface area contributed by atoms with Crippen LogP contribution in [0.5, 0.6) is 23.0 Å². The number of hydrazine groups is 2. The molecular weight excluding hydrogens is 1650 g/mol. The second-order valence-electron chi connectivity index (χ2n) is 32.7. The number of urea groups is 2. The van der Waals surface area contributed by atoms with Crippen LogP contribution in [0.15, 0.2) is 204 Å². The molecule has 11 N–H and O–H groups in total. The zero-order valence-corrected chi connectivity index (χ0v) is 76.7. The molecule has 0 fully saturated rings. The van der Waals surface area contributed by atoms with E-state index in [0.717, 1.165) is 85.8 Å². The average molecular weight is 1780 g/mol. The van der Waals surface area contributed by atoms with E-state index in [1.54, 1.807) is 98.7 Å². The van der Waals surface area contributed by atoms with E-state index in [1.807, 2.05) is 185 Å². The summed E-state index contributed by atoms with van der Waals surface area (Å²) in [6, 6.07) is 59.9. The molecule has 2 heterocycles. The number of hydrogen-bond donors (Lipinski definition) is 8. The summed E-state index contributed by atoms with van der Waals surface area (Å²) in [5.74, 6) is 5.69. The van der Waals surface area contributed by atoms with Crippen LogP contribution in [0.25, 0.3) is 0 Å². The van der Waals surface area contributed by atoms with E-state index in [0.29, 0.717) is 113 Å². The summed E-state index contributed by atoms with van der Waals surface area (Å²) in [5, 5.41) is 28.7. The Morgan fingerprint density at radius 2 is 0.659 bits per heavy atom. The van der Waals surface area contributed by atoms with Crippen molar-refractivity contribution in [2.24, 2.45) is 17.3 Å². The maximum Gasteiger partial charge on any atom is 0.349 e. The highest BCUT2D eigenvalue weighted by molar-refractivity contribution is 5.81. The summed E-state index contributed by atoms with van der Waals surface area (Å²) in [6.45, 7) is 28.7. The first kappa shape index (κ1) is 104. The largest absolute Gasteiger partial charge is 0.481 e. The number of aromatic nitrogens is 6. The number of benzene rings is 8. The Bertz CT molecular complexity index is 5320. The summed E-state index contributed by atoms with van der Waals surface area (Å²) in [4.78, 5) is 122. The summed E-state index contributed by atoms with van der Waals surface area (Å²) in [6.07, 6.45) is 7.66. The van der Waals surface area contributed by atoms with E-state index in [-0.39, 0.29) is 42.6 Å². The van der Waals surface area contributed by atoms with Crippen molar-refractivity contribution in [1.82, 2.24) is 45.0 Å². The Kier molecular flexibility index (Phi) is 41.2. The average Bonchev–Trinajstić information content (AvgIpc) is 1.65. The number of nitrogens with one attached hydrogen (secondary N) is 3. The van der Waals surface area contributed by atoms with Crippen LogP contribution in [0.3, 0.4) is 0 Å². The Balaban J connectivity index is 0.000000255. The molecule has 0 atom stereocenters. The molecule has 0 saturated heterocycles. The van der Waals surface area contributed by atoms with E-state index in [9.17, 15) is 47.9 Å². The van der Waals surface area contributed by atoms with E-state index in [1.165, 1.54) is 39.9 Å². The molecule has 0 unspecified atom stereocenters. The highest BCUT2D eigenvalue weighted by Gasteiger charge is 2.34. The van der Waals surface area contributed by atoms with Crippen molar-refractivity contribution < 1.29 is 81.7 Å². The van der Waals surface area contributed by atoms with Gasteiger partial charge in [-0.3, -0.25) is 30.0 Å². The third kappa shape index (κ3) is 37.7. The molecule has 0 aliphatic heterocycles. The molecule has 0 radical (unpaired) electrons. The van der Waals surface area contributed by atoms with Gasteiger partial charge in [0.2, 0.25) is 5.91 Å². The van der Waals surface area contributed by atoms with E-state index in [2.05, 4.69) is 25.6 Å². The number of ether oxygens (including phenoxy) is 7. The number of nitrogens with two attached hydrogens (primary N) is 3. The van der Waals surface area contributed by atoms with Gasteiger partial charge in [0.05, 0.1) is 46.0 Å². The summed E-state index contributed by atoms with van der Waals surface area (Å²) < 4.78 is 40.6. The number of carbonyl (C=O) groups excluding carboxylic acids is 6. The van der Waals surface area contributed by atoms with Crippen LogP contribution in [0, 0.1) is 27.7 Å². The van der Waals surface area contributed by atoms with E-state index < -0.39 is 58.3 Å². The van der Waals surface area contributed by atoms with Gasteiger partial charge in [-0.25, -0.2) is 58.6 Å². The van der Waals surface area contributed by atoms with Crippen molar-refractivity contribution in [3.05, 3.63) is 294 Å². The molecule has 5 amide bonds. The molecule has 10 aromatic rings. The molecule has 2 aromatic heterocycles. The van der Waals surface area contributed by atoms with Crippen molar-refractivity contribution in [3.8, 4) is 23.0 Å². The second-order valence-corrected chi connectivity index (χ2v) is 32.7. The first-order valence-corrected chi connectivity index (χ1v) is 42.9. The number of hydrogen-bond acceptors (Lipinski definition) is 20. The van der Waals surface area contributed by atoms with Gasteiger partial charge < -0.3 is 54.8 Å². The van der Waals surface area contributed by atoms with Crippen LogP contribution >= 0.6 is 0 Å². The Morgan fingerprint density at radius 3 is 0.946 bits per heavy atom. The van der Waals surface area contributed by atoms with Gasteiger partial charge in [-0.15, -0.1) is 0 Å². The zero-order valence-electron chi connectivity index (χ0n) is 76.7. The van der Waals surface area contributed by atoms with E-state index >= 15 is 0 Å². The van der Waals surface area contributed by atoms with Gasteiger partial charge in [-0.1, -0.05) is 168 Å². The molecule has 129 heavy (non-hydrogen) atoms. The lowest BCUT2D eigenvalue weighted by molar-refractivity contribution is -0.159. The van der Waals surface area contributed by atoms with Gasteiger partial charge in [0, 0.05) is 25.7 Å². The minimum Gasteiger partial charge on any atom is -0.481 e. The van der Waals surface area contributed by atoms with Crippen molar-refractivity contribution >= 4 is 47.8 Å². The number of carboxylic acids is 2. The van der Waals surface area contributed by atoms with Crippen LogP contribution in [0.1, 0.15) is 193 Å². The summed E-state index contributed by atoms with van der Waals surface area (Å²) >= 11 is 0. The summed E-state index contributed by atoms with van der Waals surface area (Å²) in [5.41, 5.74) is 21.0. The Labute approximate surface area is 753 Å². The van der Waals surface area contributed by atoms with Gasteiger partial charge in [-0.05, 0) is 248 Å². The molecule has 0 bridgehead atoms. The maximum absolute atomic E-state index is 12.3. The number of nitrogens with zero attached hydrogens (tertiary/aromatic N) is 6. The second kappa shape index (κ2) is 51.1. The zero-order chi connectivity index (χ0) is 95.0. The third-order valence-corrected chi connectivity index (χ3v) is 19.6. The molecule has 0 aliphatic carbocycles. The number of esters is 3. The van der Waals surface area contributed by atoms with Crippen LogP contribution in [0.4, 0.5) is 9.59 Å². The molecule has 0 spiro atoms. The number of carbonyl (C=O) groups is 8. The lowest BCUT2D eigenvalue weighted by Gasteiger charge is -2.24. The first-order valence-electron chi connectivity index (χ1n) is 42.9. The van der Waals surface area contributed by atoms with Crippen molar-refractivity contribution in [2.45, 2.75) is 229 Å². The predicted octanol–water partition coefficient (Wildman–Crippen LogP) is 14.4. The molecular formula is C98H126N12O19. The lowest BCUT2D eigenvalue weighted by atomic mass is 10.1. The Hall–Kier alpha value is -13.8. The topological polar surface area (TPSA) is 440 Å². The highest BCUT2D eigenvalue weighted by atomic mass is 16.6. The quantitative estimate of drug-likeness (QED) is 0.00583. The maximum atomic E-state index is 12.3. The van der Waals surface area contributed by atoms with Crippen molar-refractivity contribution in [2.75, 3.05) is 19.8 Å². The number of aryl methyl sites for hydroxylation is 10. The fraction of sp³-hybridized carbons (Fsp3) is 0.388. The number of aliphatic carboxylic acids is 2. The van der Waals surface area contributed by atoms with Crippen LogP contribution in [-0.4, -0.2) is 140 Å². The van der Waals surface area contributed by atoms with Crippen molar-refractivity contribution in [3.63, 3.8) is 0 Å². The van der Waals surface area contributed by atoms with Gasteiger partial charge >= 0.3 is 53.3 Å². The van der Waals surface area contributed by atoms with Gasteiger partial charge in [0.1, 0.15) is 34.6 Å². The van der Waals surface area contributed by atoms with Crippen LogP contribution in [0.2, 0.25) is 0 Å². The molecule has 10 rings (SSSR count). The normalized spacial score (nSPS) is 11.0. The molecule has 31 heteroatoms. The Morgan fingerprint density at radius 1 is 0.380 bits per heavy atom. The molecule has 0 aliphatic rings. The molecule has 8 aromatic carbocycles. The minimum atomic E-state index is -1.27. The molecule has 692 valence electrons. The van der Waals surface area contributed by atoms with Gasteiger partial charge in [0.15, 0.2) is 22.4 Å². The number of H-pyrrole nitrogens is 2. The number of carboxylic acid groups (broad SMARTS) is 2. The molecule has 31 nitrogen and oxygen atoms in total. The third-order valence-electron chi connectivity index (χ3n) is 19.6.